The van der Waals surface area contributed by atoms with Crippen molar-refractivity contribution >= 4 is 11.8 Å². The first kappa shape index (κ1) is 32.9. The smallest absolute Gasteiger partial charge is 0.217 e. The van der Waals surface area contributed by atoms with Crippen LogP contribution >= 0.6 is 0 Å². The Morgan fingerprint density at radius 1 is 0.650 bits per heavy atom. The topological polar surface area (TPSA) is 286 Å². The minimum absolute atomic E-state index is 0.604. The lowest BCUT2D eigenvalue weighted by molar-refractivity contribution is -0.351. The van der Waals surface area contributed by atoms with Crippen molar-refractivity contribution in [3.8, 4) is 0 Å². The van der Waals surface area contributed by atoms with Gasteiger partial charge in [-0.1, -0.05) is 0 Å². The van der Waals surface area contributed by atoms with E-state index in [1.807, 2.05) is 0 Å². The zero-order valence-electron chi connectivity index (χ0n) is 21.7. The molecule has 0 unspecified atom stereocenters. The zero-order chi connectivity index (χ0) is 29.9. The Hall–Kier alpha value is -1.62. The summed E-state index contributed by atoms with van der Waals surface area (Å²) in [6.45, 7) is 0.183. The number of ether oxygens (including phenoxy) is 5. The molecule has 3 rings (SSSR count). The number of hydrogen-bond donors (Lipinski definition) is 11. The van der Waals surface area contributed by atoms with Gasteiger partial charge in [0.2, 0.25) is 11.8 Å². The molecule has 40 heavy (non-hydrogen) atoms. The fraction of sp³-hybridized carbons (Fsp3) is 0.909. The summed E-state index contributed by atoms with van der Waals surface area (Å²) in [5.74, 6) is -1.23. The molecule has 18 heteroatoms. The SMILES string of the molecule is CC(=O)N[C@@H]1[C@@H](O)[C@H](O[C@H]2O[C@H](CO[C@@H]3O[C@H](CO)[C@@H](O)[C@H](O)[C@H]3NC(C)=O)[C@H](O)[C@H](O)[C@H]2O)[C@@H](CO)O[C@H]1O. The van der Waals surface area contributed by atoms with Crippen molar-refractivity contribution in [2.75, 3.05) is 19.8 Å². The number of carbonyl (C=O) groups is 2. The molecule has 3 saturated heterocycles. The van der Waals surface area contributed by atoms with Crippen LogP contribution in [0.15, 0.2) is 0 Å². The van der Waals surface area contributed by atoms with Gasteiger partial charge in [-0.2, -0.15) is 0 Å². The molecule has 0 aromatic rings. The summed E-state index contributed by atoms with van der Waals surface area (Å²) < 4.78 is 27.4. The number of nitrogens with one attached hydrogen (secondary N) is 2. The molecule has 0 radical (unpaired) electrons. The molecule has 3 fully saturated rings. The second kappa shape index (κ2) is 14.0. The quantitative estimate of drug-likeness (QED) is 0.120. The van der Waals surface area contributed by atoms with Crippen LogP contribution in [0.3, 0.4) is 0 Å². The van der Waals surface area contributed by atoms with Crippen molar-refractivity contribution in [3.05, 3.63) is 0 Å². The molecule has 11 N–H and O–H groups in total. The zero-order valence-corrected chi connectivity index (χ0v) is 21.7. The van der Waals surface area contributed by atoms with E-state index in [4.69, 9.17) is 23.7 Å². The van der Waals surface area contributed by atoms with Gasteiger partial charge in [-0.15, -0.1) is 0 Å². The van der Waals surface area contributed by atoms with E-state index in [2.05, 4.69) is 10.6 Å². The monoisotopic (exact) mass is 586 g/mol. The number of aliphatic hydroxyl groups excluding tert-OH is 9. The Balaban J connectivity index is 1.74. The summed E-state index contributed by atoms with van der Waals surface area (Å²) in [5, 5.41) is 96.6. The highest BCUT2D eigenvalue weighted by atomic mass is 16.7. The third kappa shape index (κ3) is 7.23. The number of carbonyl (C=O) groups excluding carboxylic acids is 2. The highest BCUT2D eigenvalue weighted by Crippen LogP contribution is 2.30. The van der Waals surface area contributed by atoms with Crippen molar-refractivity contribution in [1.29, 1.82) is 0 Å². The highest BCUT2D eigenvalue weighted by Gasteiger charge is 2.51. The molecule has 3 aliphatic rings. The second-order valence-electron chi connectivity index (χ2n) is 9.85. The van der Waals surface area contributed by atoms with Crippen LogP contribution in [0.25, 0.3) is 0 Å². The maximum absolute atomic E-state index is 11.6. The lowest BCUT2D eigenvalue weighted by Gasteiger charge is -2.47. The Labute approximate surface area is 228 Å². The molecule has 0 aromatic heterocycles. The first-order valence-electron chi connectivity index (χ1n) is 12.6. The molecular formula is C22H38N2O16. The Morgan fingerprint density at radius 2 is 1.20 bits per heavy atom. The molecule has 0 bridgehead atoms. The van der Waals surface area contributed by atoms with E-state index in [1.165, 1.54) is 0 Å². The van der Waals surface area contributed by atoms with E-state index >= 15 is 0 Å². The first-order valence-corrected chi connectivity index (χ1v) is 12.6. The second-order valence-corrected chi connectivity index (χ2v) is 9.85. The Bertz CT molecular complexity index is 854. The molecule has 0 aromatic carbocycles. The van der Waals surface area contributed by atoms with E-state index in [9.17, 15) is 55.5 Å². The van der Waals surface area contributed by atoms with Gasteiger partial charge >= 0.3 is 0 Å². The van der Waals surface area contributed by atoms with Crippen LogP contribution in [0.4, 0.5) is 0 Å². The molecule has 15 atom stereocenters. The molecular weight excluding hydrogens is 548 g/mol. The molecule has 232 valence electrons. The van der Waals surface area contributed by atoms with Gasteiger partial charge in [0, 0.05) is 13.8 Å². The van der Waals surface area contributed by atoms with Crippen LogP contribution in [0.5, 0.6) is 0 Å². The van der Waals surface area contributed by atoms with Gasteiger partial charge in [0.1, 0.15) is 73.1 Å². The largest absolute Gasteiger partial charge is 0.394 e. The van der Waals surface area contributed by atoms with Gasteiger partial charge in [-0.25, -0.2) is 0 Å². The summed E-state index contributed by atoms with van der Waals surface area (Å²) in [6, 6.07) is -2.70. The van der Waals surface area contributed by atoms with Crippen LogP contribution in [0, 0.1) is 0 Å². The normalized spacial score (nSPS) is 46.0. The van der Waals surface area contributed by atoms with Gasteiger partial charge in [-0.05, 0) is 0 Å². The minimum atomic E-state index is -1.89. The van der Waals surface area contributed by atoms with Gasteiger partial charge < -0.3 is 80.3 Å². The van der Waals surface area contributed by atoms with E-state index in [0.717, 1.165) is 13.8 Å². The first-order chi connectivity index (χ1) is 18.8. The van der Waals surface area contributed by atoms with Gasteiger partial charge in [0.25, 0.3) is 0 Å². The fourth-order valence-corrected chi connectivity index (χ4v) is 4.76. The maximum atomic E-state index is 11.6. The fourth-order valence-electron chi connectivity index (χ4n) is 4.76. The van der Waals surface area contributed by atoms with Crippen molar-refractivity contribution < 1.29 is 79.2 Å². The van der Waals surface area contributed by atoms with Crippen molar-refractivity contribution in [2.24, 2.45) is 0 Å². The van der Waals surface area contributed by atoms with E-state index < -0.39 is 124 Å². The lowest BCUT2D eigenvalue weighted by Crippen LogP contribution is -2.67. The minimum Gasteiger partial charge on any atom is -0.394 e. The summed E-state index contributed by atoms with van der Waals surface area (Å²) in [6.07, 6.45) is -21.0. The van der Waals surface area contributed by atoms with Gasteiger partial charge in [0.15, 0.2) is 18.9 Å². The van der Waals surface area contributed by atoms with Crippen LogP contribution in [0.2, 0.25) is 0 Å². The van der Waals surface area contributed by atoms with Crippen LogP contribution in [-0.2, 0) is 33.3 Å². The third-order valence-electron chi connectivity index (χ3n) is 6.88. The standard InChI is InChI=1S/C22H38N2O16/c1-6(27)23-11-16(32)19(9(4-26)37-20(11)35)40-22-18(34)17(33)14(30)10(39-22)5-36-21-12(24-7(2)28)15(31)13(29)8(3-25)38-21/h8-22,25-26,29-35H,3-5H2,1-2H3,(H,23,27)(H,24,28)/t8-,9-,10-,11-,12-,13-,14+,15-,16-,17+,18-,19-,20-,21-,22-/m1/s1. The molecule has 0 saturated carbocycles. The van der Waals surface area contributed by atoms with Crippen LogP contribution in [-0.4, -0.2) is 170 Å². The summed E-state index contributed by atoms with van der Waals surface area (Å²) in [4.78, 5) is 23.1. The van der Waals surface area contributed by atoms with Crippen molar-refractivity contribution in [2.45, 2.75) is 106 Å². The Kier molecular flexibility index (Phi) is 11.5. The molecule has 3 aliphatic heterocycles. The summed E-state index contributed by atoms with van der Waals surface area (Å²) in [7, 11) is 0. The lowest BCUT2D eigenvalue weighted by atomic mass is 9.95. The summed E-state index contributed by atoms with van der Waals surface area (Å²) in [5.41, 5.74) is 0. The van der Waals surface area contributed by atoms with E-state index in [1.54, 1.807) is 0 Å². The predicted molar refractivity (Wildman–Crippen MR) is 124 cm³/mol. The predicted octanol–water partition coefficient (Wildman–Crippen LogP) is -7.29. The number of amides is 2. The maximum Gasteiger partial charge on any atom is 0.217 e. The molecule has 0 aliphatic carbocycles. The number of hydrogen-bond acceptors (Lipinski definition) is 16. The van der Waals surface area contributed by atoms with E-state index in [0.29, 0.717) is 0 Å². The average molecular weight is 587 g/mol. The van der Waals surface area contributed by atoms with Gasteiger partial charge in [0.05, 0.1) is 19.8 Å². The number of rotatable bonds is 9. The molecule has 2 amide bonds. The van der Waals surface area contributed by atoms with Gasteiger partial charge in [-0.3, -0.25) is 9.59 Å². The average Bonchev–Trinajstić information content (AvgIpc) is 2.90. The van der Waals surface area contributed by atoms with Crippen molar-refractivity contribution in [1.82, 2.24) is 10.6 Å². The van der Waals surface area contributed by atoms with E-state index in [-0.39, 0.29) is 0 Å². The van der Waals surface area contributed by atoms with Crippen molar-refractivity contribution in [3.63, 3.8) is 0 Å². The van der Waals surface area contributed by atoms with Crippen LogP contribution < -0.4 is 10.6 Å². The summed E-state index contributed by atoms with van der Waals surface area (Å²) >= 11 is 0. The highest BCUT2D eigenvalue weighted by molar-refractivity contribution is 5.73. The third-order valence-corrected chi connectivity index (χ3v) is 6.88. The van der Waals surface area contributed by atoms with Crippen LogP contribution in [0.1, 0.15) is 13.8 Å². The Morgan fingerprint density at radius 3 is 1.77 bits per heavy atom. The number of aliphatic hydroxyl groups is 9. The molecule has 18 nitrogen and oxygen atoms in total. The molecule has 3 heterocycles. The molecule has 0 spiro atoms.